The smallest absolute Gasteiger partial charge is 0.140 e. The molecule has 0 radical (unpaired) electrons. The first kappa shape index (κ1) is 16.3. The predicted molar refractivity (Wildman–Crippen MR) is 101 cm³/mol. The minimum Gasteiger partial charge on any atom is -0.324 e. The maximum atomic E-state index is 4.67. The van der Waals surface area contributed by atoms with Crippen LogP contribution in [0.5, 0.6) is 0 Å². The normalized spacial score (nSPS) is 12.4. The fourth-order valence-corrected chi connectivity index (χ4v) is 3.46. The van der Waals surface area contributed by atoms with Crippen molar-refractivity contribution in [3.05, 3.63) is 78.1 Å². The highest BCUT2D eigenvalue weighted by Crippen LogP contribution is 2.29. The van der Waals surface area contributed by atoms with Gasteiger partial charge in [-0.25, -0.2) is 4.98 Å². The van der Waals surface area contributed by atoms with E-state index < -0.39 is 0 Å². The van der Waals surface area contributed by atoms with E-state index in [1.807, 2.05) is 48.0 Å². The molecule has 26 heavy (non-hydrogen) atoms. The van der Waals surface area contributed by atoms with Gasteiger partial charge in [0.25, 0.3) is 0 Å². The van der Waals surface area contributed by atoms with E-state index in [-0.39, 0.29) is 6.04 Å². The third kappa shape index (κ3) is 2.94. The van der Waals surface area contributed by atoms with Gasteiger partial charge >= 0.3 is 0 Å². The molecule has 0 saturated carbocycles. The molecule has 0 spiro atoms. The first-order chi connectivity index (χ1) is 12.6. The summed E-state index contributed by atoms with van der Waals surface area (Å²) in [5.41, 5.74) is 4.57. The summed E-state index contributed by atoms with van der Waals surface area (Å²) in [6, 6.07) is 10.5. The van der Waals surface area contributed by atoms with Gasteiger partial charge in [0, 0.05) is 49.2 Å². The van der Waals surface area contributed by atoms with Gasteiger partial charge in [-0.05, 0) is 25.5 Å². The van der Waals surface area contributed by atoms with Crippen molar-refractivity contribution in [2.75, 3.05) is 0 Å². The molecule has 0 saturated heterocycles. The predicted octanol–water partition coefficient (Wildman–Crippen LogP) is 3.45. The third-order valence-electron chi connectivity index (χ3n) is 4.74. The summed E-state index contributed by atoms with van der Waals surface area (Å²) in [6.45, 7) is 4.95. The molecule has 0 aliphatic rings. The van der Waals surface area contributed by atoms with E-state index in [2.05, 4.69) is 57.1 Å². The average Bonchev–Trinajstić information content (AvgIpc) is 3.36. The summed E-state index contributed by atoms with van der Waals surface area (Å²) in [5, 5.41) is 8.82. The van der Waals surface area contributed by atoms with E-state index in [0.717, 1.165) is 23.6 Å². The molecule has 132 valence electrons. The van der Waals surface area contributed by atoms with Gasteiger partial charge in [0.2, 0.25) is 0 Å². The molecule has 6 nitrogen and oxygen atoms in total. The van der Waals surface area contributed by atoms with Crippen LogP contribution in [-0.4, -0.2) is 29.1 Å². The molecule has 0 N–H and O–H groups in total. The zero-order chi connectivity index (χ0) is 18.1. The van der Waals surface area contributed by atoms with Crippen LogP contribution in [0.2, 0.25) is 0 Å². The second-order valence-corrected chi connectivity index (χ2v) is 6.54. The summed E-state index contributed by atoms with van der Waals surface area (Å²) >= 11 is 0. The number of hydrogen-bond donors (Lipinski definition) is 0. The Morgan fingerprint density at radius 2 is 1.92 bits per heavy atom. The average molecular weight is 346 g/mol. The van der Waals surface area contributed by atoms with Crippen LogP contribution < -0.4 is 0 Å². The lowest BCUT2D eigenvalue weighted by molar-refractivity contribution is 0.639. The summed E-state index contributed by atoms with van der Waals surface area (Å²) in [7, 11) is 1.96. The molecule has 1 unspecified atom stereocenters. The molecule has 6 heteroatoms. The summed E-state index contributed by atoms with van der Waals surface area (Å²) < 4.78 is 6.01. The number of imidazole rings is 1. The number of hydrogen-bond acceptors (Lipinski definition) is 3. The van der Waals surface area contributed by atoms with Crippen LogP contribution >= 0.6 is 0 Å². The molecule has 0 fully saturated rings. The topological polar surface area (TPSA) is 53.5 Å². The van der Waals surface area contributed by atoms with Gasteiger partial charge in [-0.1, -0.05) is 24.3 Å². The van der Waals surface area contributed by atoms with Crippen LogP contribution in [0, 0.1) is 6.92 Å². The Balaban J connectivity index is 1.75. The van der Waals surface area contributed by atoms with Crippen LogP contribution in [0.3, 0.4) is 0 Å². The molecule has 0 aliphatic carbocycles. The maximum absolute atomic E-state index is 4.67. The first-order valence-corrected chi connectivity index (χ1v) is 8.72. The first-order valence-electron chi connectivity index (χ1n) is 8.72. The Hall–Kier alpha value is -3.15. The Labute approximate surface area is 152 Å². The molecule has 1 aromatic carbocycles. The Bertz CT molecular complexity index is 1010. The van der Waals surface area contributed by atoms with Gasteiger partial charge in [-0.2, -0.15) is 10.2 Å². The summed E-state index contributed by atoms with van der Waals surface area (Å²) in [6.07, 6.45) is 9.76. The molecule has 4 aromatic rings. The molecule has 3 aromatic heterocycles. The van der Waals surface area contributed by atoms with Crippen molar-refractivity contribution >= 4 is 0 Å². The van der Waals surface area contributed by atoms with Gasteiger partial charge in [0.15, 0.2) is 0 Å². The van der Waals surface area contributed by atoms with E-state index in [9.17, 15) is 0 Å². The highest BCUT2D eigenvalue weighted by atomic mass is 15.3. The molecule has 0 amide bonds. The van der Waals surface area contributed by atoms with E-state index in [1.165, 1.54) is 11.1 Å². The largest absolute Gasteiger partial charge is 0.324 e. The van der Waals surface area contributed by atoms with Gasteiger partial charge < -0.3 is 4.57 Å². The second-order valence-electron chi connectivity index (χ2n) is 6.54. The highest BCUT2D eigenvalue weighted by molar-refractivity contribution is 5.61. The van der Waals surface area contributed by atoms with Crippen molar-refractivity contribution < 1.29 is 0 Å². The van der Waals surface area contributed by atoms with Crippen LogP contribution in [0.4, 0.5) is 0 Å². The minimum absolute atomic E-state index is 0.152. The van der Waals surface area contributed by atoms with Gasteiger partial charge in [0.1, 0.15) is 5.82 Å². The zero-order valence-electron chi connectivity index (χ0n) is 15.2. The molecule has 4 rings (SSSR count). The van der Waals surface area contributed by atoms with Crippen LogP contribution in [0.1, 0.15) is 29.8 Å². The molecular weight excluding hydrogens is 324 g/mol. The van der Waals surface area contributed by atoms with Crippen LogP contribution in [-0.2, 0) is 13.6 Å². The fraction of sp³-hybridized carbons (Fsp3) is 0.250. The van der Waals surface area contributed by atoms with Crippen molar-refractivity contribution in [1.29, 1.82) is 0 Å². The number of benzene rings is 1. The molecule has 3 heterocycles. The molecular formula is C20H22N6. The van der Waals surface area contributed by atoms with E-state index in [0.29, 0.717) is 0 Å². The summed E-state index contributed by atoms with van der Waals surface area (Å²) in [5.74, 6) is 0.962. The lowest BCUT2D eigenvalue weighted by Gasteiger charge is -2.18. The van der Waals surface area contributed by atoms with Crippen molar-refractivity contribution in [2.24, 2.45) is 7.05 Å². The number of rotatable bonds is 5. The van der Waals surface area contributed by atoms with Crippen molar-refractivity contribution in [3.8, 4) is 11.4 Å². The lowest BCUT2D eigenvalue weighted by atomic mass is 10.1. The quantitative estimate of drug-likeness (QED) is 0.556. The Morgan fingerprint density at radius 3 is 2.65 bits per heavy atom. The standard InChI is InChI=1S/C20H22N6/c1-15-19(14-24(3)23-15)16(2)26-12-10-21-20(26)18-8-5-4-7-17(18)13-25-11-6-9-22-25/h4-12,14,16H,13H2,1-3H3. The van der Waals surface area contributed by atoms with Crippen molar-refractivity contribution in [2.45, 2.75) is 26.4 Å². The van der Waals surface area contributed by atoms with Crippen LogP contribution in [0.25, 0.3) is 11.4 Å². The van der Waals surface area contributed by atoms with Gasteiger partial charge in [-0.3, -0.25) is 9.36 Å². The Kier molecular flexibility index (Phi) is 4.16. The van der Waals surface area contributed by atoms with Gasteiger partial charge in [0.05, 0.1) is 18.3 Å². The Morgan fingerprint density at radius 1 is 1.08 bits per heavy atom. The van der Waals surface area contributed by atoms with Crippen molar-refractivity contribution in [1.82, 2.24) is 29.1 Å². The number of aromatic nitrogens is 6. The molecule has 0 bridgehead atoms. The minimum atomic E-state index is 0.152. The van der Waals surface area contributed by atoms with Crippen molar-refractivity contribution in [3.63, 3.8) is 0 Å². The summed E-state index contributed by atoms with van der Waals surface area (Å²) in [4.78, 5) is 4.67. The number of aryl methyl sites for hydroxylation is 2. The van der Waals surface area contributed by atoms with Crippen LogP contribution in [0.15, 0.2) is 61.3 Å². The zero-order valence-corrected chi connectivity index (χ0v) is 15.2. The van der Waals surface area contributed by atoms with E-state index in [4.69, 9.17) is 0 Å². The molecule has 1 atom stereocenters. The maximum Gasteiger partial charge on any atom is 0.140 e. The lowest BCUT2D eigenvalue weighted by Crippen LogP contribution is -2.10. The third-order valence-corrected chi connectivity index (χ3v) is 4.74. The SMILES string of the molecule is Cc1nn(C)cc1C(C)n1ccnc1-c1ccccc1Cn1cccn1. The monoisotopic (exact) mass is 346 g/mol. The molecule has 0 aliphatic heterocycles. The fourth-order valence-electron chi connectivity index (χ4n) is 3.46. The number of nitrogens with zero attached hydrogens (tertiary/aromatic N) is 6. The van der Waals surface area contributed by atoms with Gasteiger partial charge in [-0.15, -0.1) is 0 Å². The van der Waals surface area contributed by atoms with E-state index in [1.54, 1.807) is 6.20 Å². The second kappa shape index (κ2) is 6.63. The van der Waals surface area contributed by atoms with E-state index >= 15 is 0 Å². The highest BCUT2D eigenvalue weighted by Gasteiger charge is 2.18.